The van der Waals surface area contributed by atoms with Gasteiger partial charge in [-0.25, -0.2) is 4.79 Å². The molecule has 1 amide bonds. The highest BCUT2D eigenvalue weighted by Crippen LogP contribution is 2.29. The smallest absolute Gasteiger partial charge is 0.416 e. The minimum absolute atomic E-state index is 0.000772. The molecule has 6 nitrogen and oxygen atoms in total. The van der Waals surface area contributed by atoms with Gasteiger partial charge in [0.25, 0.3) is 5.91 Å². The van der Waals surface area contributed by atoms with Crippen LogP contribution in [0.15, 0.2) is 72.8 Å². The van der Waals surface area contributed by atoms with Gasteiger partial charge < -0.3 is 19.9 Å². The molecule has 0 aliphatic rings. The number of alkyl halides is 3. The lowest BCUT2D eigenvalue weighted by Gasteiger charge is -2.16. The highest BCUT2D eigenvalue weighted by molar-refractivity contribution is 5.97. The summed E-state index contributed by atoms with van der Waals surface area (Å²) in [5, 5.41) is 12.2. The number of benzene rings is 3. The molecule has 3 rings (SSSR count). The van der Waals surface area contributed by atoms with Crippen LogP contribution >= 0.6 is 0 Å². The molecule has 0 bridgehead atoms. The number of carboxylic acids is 1. The zero-order chi connectivity index (χ0) is 24.7. The summed E-state index contributed by atoms with van der Waals surface area (Å²) in [6, 6.07) is 17.7. The van der Waals surface area contributed by atoms with Crippen LogP contribution < -0.4 is 14.8 Å². The molecular weight excluding hydrogens is 451 g/mol. The van der Waals surface area contributed by atoms with E-state index >= 15 is 0 Å². The molecule has 3 aromatic rings. The first-order chi connectivity index (χ1) is 16.2. The molecule has 0 radical (unpaired) electrons. The Morgan fingerprint density at radius 3 is 2.21 bits per heavy atom. The maximum Gasteiger partial charge on any atom is 0.416 e. The SMILES string of the molecule is COc1ccc(CC(Oc2ccccc2)C(=O)O)cc1C(=O)NCc1ccc(C(F)(F)F)cc1. The second-order valence-electron chi connectivity index (χ2n) is 7.37. The molecule has 0 fully saturated rings. The number of hydrogen-bond donors (Lipinski definition) is 2. The summed E-state index contributed by atoms with van der Waals surface area (Å²) in [4.78, 5) is 24.5. The monoisotopic (exact) mass is 473 g/mol. The lowest BCUT2D eigenvalue weighted by Crippen LogP contribution is -2.29. The van der Waals surface area contributed by atoms with Crippen LogP contribution in [-0.2, 0) is 23.9 Å². The van der Waals surface area contributed by atoms with Crippen LogP contribution in [0, 0.1) is 0 Å². The second-order valence-corrected chi connectivity index (χ2v) is 7.37. The number of hydrogen-bond acceptors (Lipinski definition) is 4. The first-order valence-electron chi connectivity index (χ1n) is 10.2. The number of para-hydroxylation sites is 1. The van der Waals surface area contributed by atoms with Crippen LogP contribution in [0.1, 0.15) is 27.0 Å². The molecule has 1 unspecified atom stereocenters. The number of carbonyl (C=O) groups is 2. The third-order valence-electron chi connectivity index (χ3n) is 4.96. The minimum atomic E-state index is -4.44. The molecule has 1 atom stereocenters. The number of amides is 1. The summed E-state index contributed by atoms with van der Waals surface area (Å²) in [6.07, 6.45) is -5.63. The average Bonchev–Trinajstić information content (AvgIpc) is 2.82. The van der Waals surface area contributed by atoms with Crippen molar-refractivity contribution >= 4 is 11.9 Å². The summed E-state index contributed by atoms with van der Waals surface area (Å²) < 4.78 is 48.9. The van der Waals surface area contributed by atoms with Gasteiger partial charge in [-0.2, -0.15) is 13.2 Å². The van der Waals surface area contributed by atoms with Gasteiger partial charge in [0.1, 0.15) is 11.5 Å². The van der Waals surface area contributed by atoms with Crippen molar-refractivity contribution in [3.8, 4) is 11.5 Å². The zero-order valence-electron chi connectivity index (χ0n) is 18.1. The fraction of sp³-hybridized carbons (Fsp3) is 0.200. The minimum Gasteiger partial charge on any atom is -0.496 e. The summed E-state index contributed by atoms with van der Waals surface area (Å²) in [5.74, 6) is -1.01. The van der Waals surface area contributed by atoms with E-state index in [-0.39, 0.29) is 24.3 Å². The number of methoxy groups -OCH3 is 1. The summed E-state index contributed by atoms with van der Waals surface area (Å²) in [6.45, 7) is -0.000772. The average molecular weight is 473 g/mol. The molecule has 0 saturated carbocycles. The number of halogens is 3. The Kier molecular flexibility index (Phi) is 7.78. The lowest BCUT2D eigenvalue weighted by molar-refractivity contribution is -0.145. The van der Waals surface area contributed by atoms with E-state index in [2.05, 4.69) is 5.32 Å². The third kappa shape index (κ3) is 6.50. The third-order valence-corrected chi connectivity index (χ3v) is 4.96. The molecule has 0 aliphatic carbocycles. The predicted molar refractivity (Wildman–Crippen MR) is 118 cm³/mol. The standard InChI is InChI=1S/C25H22F3NO5/c1-33-21-12-9-17(14-22(24(31)32)34-19-5-3-2-4-6-19)13-20(21)23(30)29-15-16-7-10-18(11-8-16)25(26,27)28/h2-13,22H,14-15H2,1H3,(H,29,30)(H,31,32). The van der Waals surface area contributed by atoms with Gasteiger partial charge >= 0.3 is 12.1 Å². The normalized spacial score (nSPS) is 12.0. The van der Waals surface area contributed by atoms with Crippen molar-refractivity contribution in [3.05, 3.63) is 95.1 Å². The highest BCUT2D eigenvalue weighted by Gasteiger charge is 2.30. The van der Waals surface area contributed by atoms with E-state index in [1.807, 2.05) is 0 Å². The van der Waals surface area contributed by atoms with Crippen molar-refractivity contribution < 1.29 is 37.3 Å². The van der Waals surface area contributed by atoms with Gasteiger partial charge in [0, 0.05) is 13.0 Å². The Balaban J connectivity index is 1.72. The van der Waals surface area contributed by atoms with Crippen LogP contribution in [0.2, 0.25) is 0 Å². The molecule has 3 aromatic carbocycles. The Labute approximate surface area is 193 Å². The maximum absolute atomic E-state index is 12.8. The van der Waals surface area contributed by atoms with Crippen molar-refractivity contribution in [2.45, 2.75) is 25.2 Å². The first kappa shape index (κ1) is 24.6. The maximum atomic E-state index is 12.8. The number of carboxylic acid groups (broad SMARTS) is 1. The fourth-order valence-electron chi connectivity index (χ4n) is 3.21. The quantitative estimate of drug-likeness (QED) is 0.470. The number of rotatable bonds is 9. The van der Waals surface area contributed by atoms with E-state index < -0.39 is 29.7 Å². The van der Waals surface area contributed by atoms with Crippen LogP contribution in [0.25, 0.3) is 0 Å². The van der Waals surface area contributed by atoms with E-state index in [4.69, 9.17) is 9.47 Å². The van der Waals surface area contributed by atoms with Gasteiger partial charge in [-0.1, -0.05) is 36.4 Å². The van der Waals surface area contributed by atoms with Gasteiger partial charge in [0.05, 0.1) is 18.2 Å². The van der Waals surface area contributed by atoms with Crippen LogP contribution in [-0.4, -0.2) is 30.2 Å². The molecule has 178 valence electrons. The van der Waals surface area contributed by atoms with Crippen molar-refractivity contribution in [2.75, 3.05) is 7.11 Å². The zero-order valence-corrected chi connectivity index (χ0v) is 18.1. The molecule has 34 heavy (non-hydrogen) atoms. The Morgan fingerprint density at radius 2 is 1.62 bits per heavy atom. The van der Waals surface area contributed by atoms with E-state index in [1.54, 1.807) is 42.5 Å². The lowest BCUT2D eigenvalue weighted by atomic mass is 10.0. The van der Waals surface area contributed by atoms with Crippen LogP contribution in [0.4, 0.5) is 13.2 Å². The molecule has 9 heteroatoms. The first-order valence-corrected chi connectivity index (χ1v) is 10.2. The highest BCUT2D eigenvalue weighted by atomic mass is 19.4. The van der Waals surface area contributed by atoms with Crippen LogP contribution in [0.5, 0.6) is 11.5 Å². The molecule has 2 N–H and O–H groups in total. The summed E-state index contributed by atoms with van der Waals surface area (Å²) in [5.41, 5.74) is 0.404. The van der Waals surface area contributed by atoms with Crippen molar-refractivity contribution in [2.24, 2.45) is 0 Å². The topological polar surface area (TPSA) is 84.9 Å². The molecule has 0 heterocycles. The molecular formula is C25H22F3NO5. The Hall–Kier alpha value is -4.01. The Bertz CT molecular complexity index is 1130. The predicted octanol–water partition coefficient (Wildman–Crippen LogP) is 4.72. The van der Waals surface area contributed by atoms with E-state index in [0.29, 0.717) is 16.9 Å². The van der Waals surface area contributed by atoms with Crippen molar-refractivity contribution in [1.82, 2.24) is 5.32 Å². The number of carbonyl (C=O) groups excluding carboxylic acids is 1. The number of ether oxygens (including phenoxy) is 2. The second kappa shape index (κ2) is 10.7. The van der Waals surface area contributed by atoms with Gasteiger partial charge in [-0.05, 0) is 47.5 Å². The van der Waals surface area contributed by atoms with Crippen molar-refractivity contribution in [3.63, 3.8) is 0 Å². The summed E-state index contributed by atoms with van der Waals surface area (Å²) >= 11 is 0. The number of nitrogens with one attached hydrogen (secondary N) is 1. The van der Waals surface area contributed by atoms with Gasteiger partial charge in [0.2, 0.25) is 0 Å². The van der Waals surface area contributed by atoms with Gasteiger partial charge in [0.15, 0.2) is 6.10 Å². The van der Waals surface area contributed by atoms with Crippen molar-refractivity contribution in [1.29, 1.82) is 0 Å². The molecule has 0 saturated heterocycles. The van der Waals surface area contributed by atoms with E-state index in [9.17, 15) is 27.9 Å². The molecule has 0 aromatic heterocycles. The fourth-order valence-corrected chi connectivity index (χ4v) is 3.21. The van der Waals surface area contributed by atoms with Crippen LogP contribution in [0.3, 0.4) is 0 Å². The van der Waals surface area contributed by atoms with E-state index in [1.165, 1.54) is 25.3 Å². The summed E-state index contributed by atoms with van der Waals surface area (Å²) in [7, 11) is 1.39. The van der Waals surface area contributed by atoms with Gasteiger partial charge in [-0.15, -0.1) is 0 Å². The molecule has 0 spiro atoms. The van der Waals surface area contributed by atoms with Gasteiger partial charge in [-0.3, -0.25) is 4.79 Å². The molecule has 0 aliphatic heterocycles. The van der Waals surface area contributed by atoms with E-state index in [0.717, 1.165) is 12.1 Å². The largest absolute Gasteiger partial charge is 0.496 e. The number of aliphatic carboxylic acids is 1. The Morgan fingerprint density at radius 1 is 0.971 bits per heavy atom.